The van der Waals surface area contributed by atoms with E-state index in [9.17, 15) is 0 Å². The van der Waals surface area contributed by atoms with Crippen molar-refractivity contribution in [3.63, 3.8) is 0 Å². The largest absolute Gasteiger partial charge is 0.325 e. The highest BCUT2D eigenvalue weighted by Gasteiger charge is 2.32. The van der Waals surface area contributed by atoms with Gasteiger partial charge in [-0.25, -0.2) is 4.98 Å². The second-order valence-corrected chi connectivity index (χ2v) is 6.47. The van der Waals surface area contributed by atoms with E-state index in [-0.39, 0.29) is 11.0 Å². The minimum atomic E-state index is -0.0457. The second-order valence-electron chi connectivity index (χ2n) is 6.47. The van der Waals surface area contributed by atoms with Crippen LogP contribution in [0.1, 0.15) is 58.1 Å². The Balaban J connectivity index is 2.19. The van der Waals surface area contributed by atoms with Crippen LogP contribution in [-0.4, -0.2) is 20.3 Å². The molecule has 4 heteroatoms. The number of nitrogens with two attached hydrogens (primary N) is 1. The zero-order valence-corrected chi connectivity index (χ0v) is 11.5. The van der Waals surface area contributed by atoms with E-state index < -0.39 is 0 Å². The van der Waals surface area contributed by atoms with Gasteiger partial charge in [-0.2, -0.15) is 5.10 Å². The predicted octanol–water partition coefficient (Wildman–Crippen LogP) is 1.93. The van der Waals surface area contributed by atoms with Crippen LogP contribution in [0.25, 0.3) is 0 Å². The van der Waals surface area contributed by atoms with Crippen molar-refractivity contribution in [1.29, 1.82) is 0 Å². The van der Waals surface area contributed by atoms with E-state index in [1.807, 2.05) is 11.7 Å². The van der Waals surface area contributed by atoms with Crippen molar-refractivity contribution in [2.45, 2.75) is 63.8 Å². The summed E-state index contributed by atoms with van der Waals surface area (Å²) in [5, 5.41) is 4.51. The summed E-state index contributed by atoms with van der Waals surface area (Å²) in [4.78, 5) is 4.66. The molecular weight excluding hydrogens is 212 g/mol. The molecule has 1 fully saturated rings. The molecule has 0 unspecified atom stereocenters. The van der Waals surface area contributed by atoms with Crippen molar-refractivity contribution >= 4 is 0 Å². The molecule has 1 aliphatic carbocycles. The van der Waals surface area contributed by atoms with Gasteiger partial charge in [-0.3, -0.25) is 4.68 Å². The Kier molecular flexibility index (Phi) is 3.02. The molecule has 0 radical (unpaired) electrons. The fourth-order valence-corrected chi connectivity index (χ4v) is 2.46. The van der Waals surface area contributed by atoms with Gasteiger partial charge in [0.25, 0.3) is 0 Å². The Morgan fingerprint density at radius 1 is 1.29 bits per heavy atom. The van der Waals surface area contributed by atoms with Crippen molar-refractivity contribution < 1.29 is 0 Å². The summed E-state index contributed by atoms with van der Waals surface area (Å²) >= 11 is 0. The summed E-state index contributed by atoms with van der Waals surface area (Å²) in [6, 6.07) is 0. The van der Waals surface area contributed by atoms with Gasteiger partial charge in [0, 0.05) is 24.4 Å². The first-order valence-corrected chi connectivity index (χ1v) is 6.49. The summed E-state index contributed by atoms with van der Waals surface area (Å²) in [6.07, 6.45) is 5.59. The van der Waals surface area contributed by atoms with Crippen molar-refractivity contribution in [3.05, 3.63) is 11.6 Å². The zero-order valence-electron chi connectivity index (χ0n) is 11.5. The van der Waals surface area contributed by atoms with Crippen molar-refractivity contribution in [2.75, 3.05) is 0 Å². The summed E-state index contributed by atoms with van der Waals surface area (Å²) in [5.74, 6) is 1.94. The first-order chi connectivity index (χ1) is 7.80. The highest BCUT2D eigenvalue weighted by atomic mass is 15.3. The first-order valence-electron chi connectivity index (χ1n) is 6.49. The Hall–Kier alpha value is -0.900. The number of hydrogen-bond donors (Lipinski definition) is 1. The molecule has 2 rings (SSSR count). The van der Waals surface area contributed by atoms with Crippen LogP contribution in [0.2, 0.25) is 0 Å². The van der Waals surface area contributed by atoms with Crippen LogP contribution in [0, 0.1) is 0 Å². The highest BCUT2D eigenvalue weighted by Crippen LogP contribution is 2.30. The number of rotatable bonds is 2. The van der Waals surface area contributed by atoms with Crippen molar-refractivity contribution in [2.24, 2.45) is 12.8 Å². The lowest BCUT2D eigenvalue weighted by molar-refractivity contribution is 0.418. The van der Waals surface area contributed by atoms with Gasteiger partial charge in [0.2, 0.25) is 0 Å². The minimum absolute atomic E-state index is 0.00739. The quantitative estimate of drug-likeness (QED) is 0.853. The van der Waals surface area contributed by atoms with Gasteiger partial charge >= 0.3 is 0 Å². The Morgan fingerprint density at radius 3 is 2.35 bits per heavy atom. The molecule has 17 heavy (non-hydrogen) atoms. The molecule has 0 saturated heterocycles. The molecule has 0 spiro atoms. The number of nitrogens with zero attached hydrogens (tertiary/aromatic N) is 3. The van der Waals surface area contributed by atoms with Crippen LogP contribution in [0.4, 0.5) is 0 Å². The van der Waals surface area contributed by atoms with Crippen molar-refractivity contribution in [1.82, 2.24) is 14.8 Å². The maximum absolute atomic E-state index is 6.40. The molecule has 0 bridgehead atoms. The van der Waals surface area contributed by atoms with E-state index in [0.717, 1.165) is 30.9 Å². The monoisotopic (exact) mass is 236 g/mol. The van der Waals surface area contributed by atoms with Crippen molar-refractivity contribution in [3.8, 4) is 0 Å². The molecule has 96 valence electrons. The molecule has 1 aromatic rings. The Morgan fingerprint density at radius 2 is 1.88 bits per heavy atom. The van der Waals surface area contributed by atoms with Crippen LogP contribution >= 0.6 is 0 Å². The van der Waals surface area contributed by atoms with Gasteiger partial charge in [-0.15, -0.1) is 0 Å². The zero-order chi connectivity index (χ0) is 12.7. The van der Waals surface area contributed by atoms with E-state index >= 15 is 0 Å². The second kappa shape index (κ2) is 4.09. The molecule has 1 saturated carbocycles. The van der Waals surface area contributed by atoms with Crippen LogP contribution in [0.15, 0.2) is 0 Å². The van der Waals surface area contributed by atoms with Gasteiger partial charge in [0.1, 0.15) is 5.82 Å². The van der Waals surface area contributed by atoms with Crippen LogP contribution in [0.5, 0.6) is 0 Å². The van der Waals surface area contributed by atoms with E-state index in [0.29, 0.717) is 0 Å². The van der Waals surface area contributed by atoms with E-state index in [4.69, 9.17) is 5.73 Å². The summed E-state index contributed by atoms with van der Waals surface area (Å²) < 4.78 is 1.90. The fourth-order valence-electron chi connectivity index (χ4n) is 2.46. The predicted molar refractivity (Wildman–Crippen MR) is 68.8 cm³/mol. The third-order valence-electron chi connectivity index (χ3n) is 3.63. The lowest BCUT2D eigenvalue weighted by Gasteiger charge is -2.22. The third kappa shape index (κ3) is 2.68. The molecule has 2 N–H and O–H groups in total. The number of hydrogen-bond acceptors (Lipinski definition) is 3. The van der Waals surface area contributed by atoms with Gasteiger partial charge in [-0.05, 0) is 12.8 Å². The maximum Gasteiger partial charge on any atom is 0.156 e. The maximum atomic E-state index is 6.40. The van der Waals surface area contributed by atoms with Crippen LogP contribution in [-0.2, 0) is 18.9 Å². The fraction of sp³-hybridized carbons (Fsp3) is 0.846. The van der Waals surface area contributed by atoms with E-state index in [2.05, 4.69) is 30.9 Å². The SMILES string of the molecule is Cn1nc(C(C)(C)C)nc1CC1(N)CCCC1. The minimum Gasteiger partial charge on any atom is -0.325 e. The molecule has 0 atom stereocenters. The smallest absolute Gasteiger partial charge is 0.156 e. The van der Waals surface area contributed by atoms with E-state index in [1.54, 1.807) is 0 Å². The molecule has 0 amide bonds. The third-order valence-corrected chi connectivity index (χ3v) is 3.63. The molecule has 0 aromatic carbocycles. The normalized spacial score (nSPS) is 19.8. The standard InChI is InChI=1S/C13H24N4/c1-12(2,3)11-15-10(17(4)16-11)9-13(14)7-5-6-8-13/h5-9,14H2,1-4H3. The van der Waals surface area contributed by atoms with Gasteiger partial charge in [0.05, 0.1) is 0 Å². The molecule has 1 aromatic heterocycles. The van der Waals surface area contributed by atoms with Crippen LogP contribution < -0.4 is 5.73 Å². The Labute approximate surface area is 104 Å². The molecule has 1 aliphatic rings. The first kappa shape index (κ1) is 12.6. The molecular formula is C13H24N4. The highest BCUT2D eigenvalue weighted by molar-refractivity contribution is 5.07. The lowest BCUT2D eigenvalue weighted by atomic mass is 9.94. The topological polar surface area (TPSA) is 56.7 Å². The van der Waals surface area contributed by atoms with Crippen LogP contribution in [0.3, 0.4) is 0 Å². The lowest BCUT2D eigenvalue weighted by Crippen LogP contribution is -2.39. The number of aryl methyl sites for hydroxylation is 1. The average molecular weight is 236 g/mol. The van der Waals surface area contributed by atoms with Gasteiger partial charge in [0.15, 0.2) is 5.82 Å². The van der Waals surface area contributed by atoms with E-state index in [1.165, 1.54) is 12.8 Å². The number of aromatic nitrogens is 3. The molecule has 4 nitrogen and oxygen atoms in total. The van der Waals surface area contributed by atoms with Gasteiger partial charge in [-0.1, -0.05) is 33.6 Å². The molecule has 0 aliphatic heterocycles. The summed E-state index contributed by atoms with van der Waals surface area (Å²) in [6.45, 7) is 6.42. The van der Waals surface area contributed by atoms with Gasteiger partial charge < -0.3 is 5.73 Å². The average Bonchev–Trinajstić information content (AvgIpc) is 2.74. The Bertz CT molecular complexity index is 394. The summed E-state index contributed by atoms with van der Waals surface area (Å²) in [7, 11) is 1.97. The summed E-state index contributed by atoms with van der Waals surface area (Å²) in [5.41, 5.74) is 6.36. The molecule has 1 heterocycles.